The summed E-state index contributed by atoms with van der Waals surface area (Å²) in [5.74, 6) is 0.207. The van der Waals surface area contributed by atoms with Gasteiger partial charge >= 0.3 is 0 Å². The van der Waals surface area contributed by atoms with Crippen molar-refractivity contribution in [2.75, 3.05) is 4.72 Å². The molecule has 1 aromatic carbocycles. The first-order valence-corrected chi connectivity index (χ1v) is 5.17. The second kappa shape index (κ2) is 4.72. The summed E-state index contributed by atoms with van der Waals surface area (Å²) in [7, 11) is 0. The van der Waals surface area contributed by atoms with Gasteiger partial charge in [-0.1, -0.05) is 38.3 Å². The molecule has 0 aliphatic carbocycles. The van der Waals surface area contributed by atoms with Gasteiger partial charge in [0.05, 0.1) is 9.95 Å². The largest absolute Gasteiger partial charge is 0.327 e. The zero-order valence-corrected chi connectivity index (χ0v) is 9.97. The van der Waals surface area contributed by atoms with Crippen LogP contribution in [-0.4, -0.2) is 4.92 Å². The van der Waals surface area contributed by atoms with Crippen LogP contribution in [0, 0.1) is 10.1 Å². The van der Waals surface area contributed by atoms with Crippen molar-refractivity contribution in [3.63, 3.8) is 0 Å². The van der Waals surface area contributed by atoms with Crippen LogP contribution in [0.3, 0.4) is 0 Å². The van der Waals surface area contributed by atoms with E-state index >= 15 is 0 Å². The monoisotopic (exact) mass is 246 g/mol. The Morgan fingerprint density at radius 1 is 1.53 bits per heavy atom. The molecule has 1 aromatic rings. The van der Waals surface area contributed by atoms with Crippen LogP contribution in [-0.2, 0) is 0 Å². The molecule has 0 saturated carbocycles. The molecule has 0 aliphatic heterocycles. The van der Waals surface area contributed by atoms with Crippen molar-refractivity contribution in [3.05, 3.63) is 32.8 Å². The molecule has 0 amide bonds. The molecule has 0 aromatic heterocycles. The van der Waals surface area contributed by atoms with Crippen molar-refractivity contribution in [1.82, 2.24) is 0 Å². The van der Waals surface area contributed by atoms with Crippen LogP contribution in [0.4, 0.5) is 11.4 Å². The molecule has 0 atom stereocenters. The molecule has 0 unspecified atom stereocenters. The first kappa shape index (κ1) is 12.1. The maximum absolute atomic E-state index is 10.7. The van der Waals surface area contributed by atoms with E-state index in [1.54, 1.807) is 6.07 Å². The molecule has 0 spiro atoms. The predicted octanol–water partition coefficient (Wildman–Crippen LogP) is 3.63. The van der Waals surface area contributed by atoms with E-state index in [0.29, 0.717) is 10.7 Å². The van der Waals surface area contributed by atoms with Gasteiger partial charge in [0.1, 0.15) is 5.69 Å². The van der Waals surface area contributed by atoms with Crippen LogP contribution < -0.4 is 4.72 Å². The van der Waals surface area contributed by atoms with Gasteiger partial charge in [-0.25, -0.2) is 0 Å². The third-order valence-corrected chi connectivity index (χ3v) is 2.62. The molecule has 1 rings (SSSR count). The smallest absolute Gasteiger partial charge is 0.294 e. The Labute approximate surface area is 98.3 Å². The van der Waals surface area contributed by atoms with Crippen LogP contribution in [0.25, 0.3) is 0 Å². The number of nitro benzene ring substituents is 1. The molecule has 0 aliphatic rings. The van der Waals surface area contributed by atoms with Crippen LogP contribution in [0.2, 0.25) is 5.02 Å². The van der Waals surface area contributed by atoms with Crippen molar-refractivity contribution in [2.45, 2.75) is 19.8 Å². The van der Waals surface area contributed by atoms with Crippen molar-refractivity contribution in [1.29, 1.82) is 0 Å². The number of benzene rings is 1. The lowest BCUT2D eigenvalue weighted by Gasteiger charge is -2.10. The quantitative estimate of drug-likeness (QED) is 0.487. The summed E-state index contributed by atoms with van der Waals surface area (Å²) >= 11 is 9.77. The lowest BCUT2D eigenvalue weighted by Crippen LogP contribution is -1.97. The van der Waals surface area contributed by atoms with E-state index in [1.807, 2.05) is 13.8 Å². The van der Waals surface area contributed by atoms with E-state index < -0.39 is 4.92 Å². The number of nitro groups is 1. The maximum Gasteiger partial charge on any atom is 0.294 e. The lowest BCUT2D eigenvalue weighted by atomic mass is 10.0. The Morgan fingerprint density at radius 3 is 2.53 bits per heavy atom. The average molecular weight is 247 g/mol. The number of halogens is 1. The summed E-state index contributed by atoms with van der Waals surface area (Å²) in [6, 6.07) is 2.99. The zero-order chi connectivity index (χ0) is 11.6. The summed E-state index contributed by atoms with van der Waals surface area (Å²) in [4.78, 5) is 10.2. The highest BCUT2D eigenvalue weighted by Gasteiger charge is 2.17. The fraction of sp³-hybridized carbons (Fsp3) is 0.333. The molecule has 1 N–H and O–H groups in total. The van der Waals surface area contributed by atoms with E-state index in [0.717, 1.165) is 5.56 Å². The van der Waals surface area contributed by atoms with Crippen molar-refractivity contribution in [2.24, 2.45) is 0 Å². The van der Waals surface area contributed by atoms with Crippen LogP contribution in [0.5, 0.6) is 0 Å². The second-order valence-electron chi connectivity index (χ2n) is 3.41. The number of rotatable bonds is 3. The highest BCUT2D eigenvalue weighted by atomic mass is 35.5. The standard InChI is InChI=1S/C9H11ClN2O2S/c1-5(2)6-3-8(11-15)9(12(13)14)4-7(6)10/h3-5,11,15H,1-2H3. The van der Waals surface area contributed by atoms with Gasteiger partial charge in [0.25, 0.3) is 5.69 Å². The first-order valence-electron chi connectivity index (χ1n) is 4.35. The molecule has 82 valence electrons. The summed E-state index contributed by atoms with van der Waals surface area (Å²) < 4.78 is 2.49. The van der Waals surface area contributed by atoms with Crippen molar-refractivity contribution in [3.8, 4) is 0 Å². The fourth-order valence-corrected chi connectivity index (χ4v) is 1.82. The Kier molecular flexibility index (Phi) is 3.82. The molecule has 0 radical (unpaired) electrons. The van der Waals surface area contributed by atoms with Gasteiger partial charge in [0.15, 0.2) is 0 Å². The molecule has 6 heteroatoms. The third-order valence-electron chi connectivity index (χ3n) is 2.05. The summed E-state index contributed by atoms with van der Waals surface area (Å²) in [6.45, 7) is 3.94. The number of hydrogen-bond acceptors (Lipinski definition) is 4. The molecule has 0 heterocycles. The Balaban J connectivity index is 3.35. The van der Waals surface area contributed by atoms with Crippen LogP contribution >= 0.6 is 24.4 Å². The van der Waals surface area contributed by atoms with Gasteiger partial charge in [-0.05, 0) is 17.5 Å². The Morgan fingerprint density at radius 2 is 2.13 bits per heavy atom. The van der Waals surface area contributed by atoms with Crippen LogP contribution in [0.15, 0.2) is 12.1 Å². The number of hydrogen-bond donors (Lipinski definition) is 2. The third kappa shape index (κ3) is 2.54. The van der Waals surface area contributed by atoms with Gasteiger partial charge in [0, 0.05) is 6.07 Å². The SMILES string of the molecule is CC(C)c1cc(NS)c([N+](=O)[O-])cc1Cl. The number of nitrogens with one attached hydrogen (secondary N) is 1. The highest BCUT2D eigenvalue weighted by molar-refractivity contribution is 7.81. The van der Waals surface area contributed by atoms with Crippen molar-refractivity contribution < 1.29 is 4.92 Å². The fourth-order valence-electron chi connectivity index (χ4n) is 1.26. The van der Waals surface area contributed by atoms with Gasteiger partial charge in [0.2, 0.25) is 0 Å². The zero-order valence-electron chi connectivity index (χ0n) is 8.32. The van der Waals surface area contributed by atoms with Gasteiger partial charge < -0.3 is 4.72 Å². The summed E-state index contributed by atoms with van der Waals surface area (Å²) in [5.41, 5.74) is 1.15. The van der Waals surface area contributed by atoms with Crippen molar-refractivity contribution >= 4 is 35.8 Å². The van der Waals surface area contributed by atoms with E-state index in [9.17, 15) is 10.1 Å². The minimum absolute atomic E-state index is 0.0700. The minimum atomic E-state index is -0.492. The maximum atomic E-state index is 10.7. The van der Waals surface area contributed by atoms with Gasteiger partial charge in [-0.2, -0.15) is 0 Å². The lowest BCUT2D eigenvalue weighted by molar-refractivity contribution is -0.383. The number of nitrogens with zero attached hydrogens (tertiary/aromatic N) is 1. The molecule has 4 nitrogen and oxygen atoms in total. The molecule has 15 heavy (non-hydrogen) atoms. The average Bonchev–Trinajstić information content (AvgIpc) is 2.16. The van der Waals surface area contributed by atoms with E-state index in [4.69, 9.17) is 11.6 Å². The summed E-state index contributed by atoms with van der Waals surface area (Å²) in [5, 5.41) is 11.1. The van der Waals surface area contributed by atoms with E-state index in [2.05, 4.69) is 17.5 Å². The summed E-state index contributed by atoms with van der Waals surface area (Å²) in [6.07, 6.45) is 0. The van der Waals surface area contributed by atoms with E-state index in [1.165, 1.54) is 6.07 Å². The molecule has 0 bridgehead atoms. The second-order valence-corrected chi connectivity index (χ2v) is 4.05. The Hall–Kier alpha value is -0.940. The van der Waals surface area contributed by atoms with Crippen LogP contribution in [0.1, 0.15) is 25.3 Å². The minimum Gasteiger partial charge on any atom is -0.327 e. The van der Waals surface area contributed by atoms with Gasteiger partial charge in [-0.15, -0.1) is 0 Å². The Bertz CT molecular complexity index is 396. The molecule has 0 fully saturated rings. The predicted molar refractivity (Wildman–Crippen MR) is 64.8 cm³/mol. The van der Waals surface area contributed by atoms with Gasteiger partial charge in [-0.3, -0.25) is 10.1 Å². The molecular weight excluding hydrogens is 236 g/mol. The number of thiol groups is 1. The highest BCUT2D eigenvalue weighted by Crippen LogP contribution is 2.34. The molecule has 0 saturated heterocycles. The normalized spacial score (nSPS) is 10.5. The topological polar surface area (TPSA) is 55.2 Å². The first-order chi connectivity index (χ1) is 6.97. The van der Waals surface area contributed by atoms with E-state index in [-0.39, 0.29) is 11.6 Å². The number of anilines is 1. The molecular formula is C9H11ClN2O2S.